The van der Waals surface area contributed by atoms with E-state index in [1.807, 2.05) is 36.4 Å². The minimum atomic E-state index is -0.320. The van der Waals surface area contributed by atoms with Crippen LogP contribution >= 0.6 is 0 Å². The lowest BCUT2D eigenvalue weighted by Crippen LogP contribution is -2.08. The number of rotatable bonds is 6. The summed E-state index contributed by atoms with van der Waals surface area (Å²) in [5.74, 6) is 1.09. The zero-order valence-electron chi connectivity index (χ0n) is 13.6. The molecule has 0 unspecified atom stereocenters. The molecule has 0 fully saturated rings. The number of esters is 1. The van der Waals surface area contributed by atoms with Crippen LogP contribution < -0.4 is 9.47 Å². The molecule has 2 aromatic carbocycles. The second kappa shape index (κ2) is 7.08. The van der Waals surface area contributed by atoms with Crippen LogP contribution in [0.4, 0.5) is 0 Å². The first-order valence-corrected chi connectivity index (χ1v) is 7.53. The van der Waals surface area contributed by atoms with Gasteiger partial charge in [0, 0.05) is 22.6 Å². The number of fused-ring (bicyclic) bond motifs is 1. The van der Waals surface area contributed by atoms with E-state index in [0.717, 1.165) is 16.5 Å². The number of ether oxygens (including phenoxy) is 3. The fourth-order valence-electron chi connectivity index (χ4n) is 2.51. The maximum Gasteiger partial charge on any atom is 0.310 e. The molecule has 0 saturated heterocycles. The van der Waals surface area contributed by atoms with Crippen molar-refractivity contribution in [2.24, 2.45) is 0 Å². The molecule has 124 valence electrons. The fraction of sp³-hybridized carbons (Fsp3) is 0.211. The number of methoxy groups -OCH3 is 2. The molecule has 0 aliphatic heterocycles. The molecular formula is C19H18O5. The lowest BCUT2D eigenvalue weighted by Gasteiger charge is -2.08. The summed E-state index contributed by atoms with van der Waals surface area (Å²) < 4.78 is 21.2. The molecule has 1 heterocycles. The van der Waals surface area contributed by atoms with Gasteiger partial charge >= 0.3 is 5.97 Å². The third-order valence-electron chi connectivity index (χ3n) is 3.78. The summed E-state index contributed by atoms with van der Waals surface area (Å²) in [4.78, 5) is 12.1. The van der Waals surface area contributed by atoms with Gasteiger partial charge in [-0.2, -0.15) is 0 Å². The molecular weight excluding hydrogens is 308 g/mol. The first-order valence-electron chi connectivity index (χ1n) is 7.53. The predicted octanol–water partition coefficient (Wildman–Crippen LogP) is 3.74. The highest BCUT2D eigenvalue weighted by molar-refractivity contribution is 5.86. The maximum absolute atomic E-state index is 12.1. The molecule has 5 nitrogen and oxygen atoms in total. The molecule has 0 bridgehead atoms. The fourth-order valence-corrected chi connectivity index (χ4v) is 2.51. The number of carbonyl (C=O) groups is 1. The van der Waals surface area contributed by atoms with Crippen molar-refractivity contribution in [2.45, 2.75) is 13.0 Å². The van der Waals surface area contributed by atoms with Crippen LogP contribution in [0.2, 0.25) is 0 Å². The highest BCUT2D eigenvalue weighted by Gasteiger charge is 2.13. The average Bonchev–Trinajstić information content (AvgIpc) is 3.02. The van der Waals surface area contributed by atoms with E-state index in [4.69, 9.17) is 18.6 Å². The minimum Gasteiger partial charge on any atom is -0.497 e. The molecule has 1 aromatic heterocycles. The van der Waals surface area contributed by atoms with Crippen LogP contribution in [0.1, 0.15) is 11.1 Å². The zero-order valence-corrected chi connectivity index (χ0v) is 13.6. The number of furan rings is 1. The van der Waals surface area contributed by atoms with Crippen molar-refractivity contribution in [3.05, 3.63) is 59.9 Å². The highest BCUT2D eigenvalue weighted by Crippen LogP contribution is 2.26. The Labute approximate surface area is 139 Å². The zero-order chi connectivity index (χ0) is 16.9. The second-order valence-corrected chi connectivity index (χ2v) is 5.27. The van der Waals surface area contributed by atoms with Gasteiger partial charge in [-0.15, -0.1) is 0 Å². The number of benzene rings is 2. The summed E-state index contributed by atoms with van der Waals surface area (Å²) in [6, 6.07) is 12.9. The van der Waals surface area contributed by atoms with Crippen molar-refractivity contribution in [1.82, 2.24) is 0 Å². The molecule has 24 heavy (non-hydrogen) atoms. The normalized spacial score (nSPS) is 10.6. The van der Waals surface area contributed by atoms with Crippen LogP contribution in [0.15, 0.2) is 53.1 Å². The lowest BCUT2D eigenvalue weighted by molar-refractivity contribution is -0.144. The highest BCUT2D eigenvalue weighted by atomic mass is 16.5. The number of para-hydroxylation sites is 1. The molecule has 0 aliphatic carbocycles. The van der Waals surface area contributed by atoms with E-state index in [9.17, 15) is 4.79 Å². The molecule has 0 amide bonds. The van der Waals surface area contributed by atoms with Crippen molar-refractivity contribution < 1.29 is 23.4 Å². The van der Waals surface area contributed by atoms with E-state index in [0.29, 0.717) is 17.1 Å². The Hall–Kier alpha value is -2.95. The van der Waals surface area contributed by atoms with Crippen LogP contribution in [-0.2, 0) is 22.6 Å². The molecule has 5 heteroatoms. The van der Waals surface area contributed by atoms with Gasteiger partial charge in [-0.1, -0.05) is 18.2 Å². The standard InChI is InChI=1S/C19H18O5/c1-21-15-7-8-16-14(12-23-18(16)10-15)9-19(20)24-11-13-5-3-4-6-17(13)22-2/h3-8,10,12H,9,11H2,1-2H3. The Morgan fingerprint density at radius 3 is 2.67 bits per heavy atom. The van der Waals surface area contributed by atoms with Gasteiger partial charge in [0.05, 0.1) is 26.9 Å². The summed E-state index contributed by atoms with van der Waals surface area (Å²) in [6.07, 6.45) is 1.73. The molecule has 0 saturated carbocycles. The van der Waals surface area contributed by atoms with E-state index in [1.165, 1.54) is 0 Å². The van der Waals surface area contributed by atoms with Crippen molar-refractivity contribution >= 4 is 16.9 Å². The molecule has 0 radical (unpaired) electrons. The third kappa shape index (κ3) is 3.35. The van der Waals surface area contributed by atoms with Crippen molar-refractivity contribution in [2.75, 3.05) is 14.2 Å². The summed E-state index contributed by atoms with van der Waals surface area (Å²) in [6.45, 7) is 0.173. The van der Waals surface area contributed by atoms with Gasteiger partial charge in [0.2, 0.25) is 0 Å². The third-order valence-corrected chi connectivity index (χ3v) is 3.78. The van der Waals surface area contributed by atoms with Gasteiger partial charge in [-0.3, -0.25) is 4.79 Å². The predicted molar refractivity (Wildman–Crippen MR) is 89.3 cm³/mol. The Kier molecular flexibility index (Phi) is 4.70. The quantitative estimate of drug-likeness (QED) is 0.646. The van der Waals surface area contributed by atoms with Crippen molar-refractivity contribution in [3.8, 4) is 11.5 Å². The number of hydrogen-bond donors (Lipinski definition) is 0. The van der Waals surface area contributed by atoms with Gasteiger partial charge in [0.25, 0.3) is 0 Å². The molecule has 0 spiro atoms. The van der Waals surface area contributed by atoms with Gasteiger partial charge in [-0.05, 0) is 18.2 Å². The van der Waals surface area contributed by atoms with E-state index in [2.05, 4.69) is 0 Å². The lowest BCUT2D eigenvalue weighted by atomic mass is 10.1. The molecule has 3 aromatic rings. The number of carbonyl (C=O) groups excluding carboxylic acids is 1. The van der Waals surface area contributed by atoms with Gasteiger partial charge in [0.15, 0.2) is 0 Å². The van der Waals surface area contributed by atoms with Crippen molar-refractivity contribution in [3.63, 3.8) is 0 Å². The summed E-state index contributed by atoms with van der Waals surface area (Å²) in [7, 11) is 3.19. The Morgan fingerprint density at radius 1 is 1.04 bits per heavy atom. The summed E-state index contributed by atoms with van der Waals surface area (Å²) in [5, 5.41) is 0.880. The first kappa shape index (κ1) is 15.9. The molecule has 0 aliphatic rings. The average molecular weight is 326 g/mol. The largest absolute Gasteiger partial charge is 0.497 e. The van der Waals surface area contributed by atoms with Gasteiger partial charge < -0.3 is 18.6 Å². The van der Waals surface area contributed by atoms with E-state index >= 15 is 0 Å². The van der Waals surface area contributed by atoms with Crippen LogP contribution in [0, 0.1) is 0 Å². The maximum atomic E-state index is 12.1. The Balaban J connectivity index is 1.67. The smallest absolute Gasteiger partial charge is 0.310 e. The SMILES string of the molecule is COc1ccc2c(CC(=O)OCc3ccccc3OC)coc2c1. The summed E-state index contributed by atoms with van der Waals surface area (Å²) in [5.41, 5.74) is 2.30. The van der Waals surface area contributed by atoms with E-state index < -0.39 is 0 Å². The van der Waals surface area contributed by atoms with E-state index in [-0.39, 0.29) is 19.0 Å². The van der Waals surface area contributed by atoms with Crippen LogP contribution in [0.25, 0.3) is 11.0 Å². The summed E-state index contributed by atoms with van der Waals surface area (Å²) >= 11 is 0. The van der Waals surface area contributed by atoms with Crippen molar-refractivity contribution in [1.29, 1.82) is 0 Å². The molecule has 0 N–H and O–H groups in total. The topological polar surface area (TPSA) is 57.9 Å². The van der Waals surface area contributed by atoms with Crippen LogP contribution in [0.5, 0.6) is 11.5 Å². The minimum absolute atomic E-state index is 0.147. The van der Waals surface area contributed by atoms with Crippen LogP contribution in [0.3, 0.4) is 0 Å². The van der Waals surface area contributed by atoms with Gasteiger partial charge in [-0.25, -0.2) is 0 Å². The number of hydrogen-bond acceptors (Lipinski definition) is 5. The molecule has 3 rings (SSSR count). The molecule has 0 atom stereocenters. The van der Waals surface area contributed by atoms with Gasteiger partial charge in [0.1, 0.15) is 23.7 Å². The monoisotopic (exact) mass is 326 g/mol. The second-order valence-electron chi connectivity index (χ2n) is 5.27. The Morgan fingerprint density at radius 2 is 1.88 bits per heavy atom. The van der Waals surface area contributed by atoms with Crippen LogP contribution in [-0.4, -0.2) is 20.2 Å². The Bertz CT molecular complexity index is 850. The van der Waals surface area contributed by atoms with E-state index in [1.54, 1.807) is 26.5 Å². The first-order chi connectivity index (χ1) is 11.7.